The predicted octanol–water partition coefficient (Wildman–Crippen LogP) is 2.59. The van der Waals surface area contributed by atoms with E-state index in [1.54, 1.807) is 18.2 Å². The number of aliphatic hydroxyl groups excluding tert-OH is 1. The van der Waals surface area contributed by atoms with Crippen molar-refractivity contribution in [2.75, 3.05) is 25.2 Å². The van der Waals surface area contributed by atoms with Gasteiger partial charge in [-0.15, -0.1) is 11.8 Å². The molecule has 2 unspecified atom stereocenters. The van der Waals surface area contributed by atoms with Crippen molar-refractivity contribution in [3.05, 3.63) is 24.3 Å². The SMILES string of the molecule is CSc1cccc(NC(=O)C(C)N(C)CC(O)C(F)(F)F)c1. The molecule has 0 spiro atoms. The van der Waals surface area contributed by atoms with Crippen LogP contribution in [0.15, 0.2) is 29.2 Å². The summed E-state index contributed by atoms with van der Waals surface area (Å²) in [6.07, 6.45) is -5.28. The molecule has 2 atom stereocenters. The van der Waals surface area contributed by atoms with E-state index < -0.39 is 30.8 Å². The van der Waals surface area contributed by atoms with Crippen molar-refractivity contribution in [2.24, 2.45) is 0 Å². The minimum absolute atomic E-state index is 0.435. The highest BCUT2D eigenvalue weighted by molar-refractivity contribution is 7.98. The van der Waals surface area contributed by atoms with Crippen LogP contribution < -0.4 is 5.32 Å². The van der Waals surface area contributed by atoms with E-state index in [2.05, 4.69) is 5.32 Å². The number of hydrogen-bond donors (Lipinski definition) is 2. The second-order valence-electron chi connectivity index (χ2n) is 4.89. The molecule has 0 bridgehead atoms. The number of thioether (sulfide) groups is 1. The van der Waals surface area contributed by atoms with Crippen LogP contribution in [-0.4, -0.2) is 54.1 Å². The number of nitrogens with zero attached hydrogens (tertiary/aromatic N) is 1. The lowest BCUT2D eigenvalue weighted by Crippen LogP contribution is -2.46. The quantitative estimate of drug-likeness (QED) is 0.784. The number of carbonyl (C=O) groups excluding carboxylic acids is 1. The first-order valence-electron chi connectivity index (χ1n) is 6.55. The van der Waals surface area contributed by atoms with Crippen LogP contribution in [0, 0.1) is 0 Å². The first-order chi connectivity index (χ1) is 10.1. The molecule has 2 N–H and O–H groups in total. The third kappa shape index (κ3) is 5.51. The van der Waals surface area contributed by atoms with Gasteiger partial charge in [-0.25, -0.2) is 0 Å². The van der Waals surface area contributed by atoms with Gasteiger partial charge in [-0.1, -0.05) is 6.07 Å². The van der Waals surface area contributed by atoms with Gasteiger partial charge in [0.15, 0.2) is 6.10 Å². The van der Waals surface area contributed by atoms with Crippen LogP contribution in [0.3, 0.4) is 0 Å². The highest BCUT2D eigenvalue weighted by Gasteiger charge is 2.39. The Kier molecular flexibility index (Phi) is 6.70. The molecule has 0 radical (unpaired) electrons. The molecule has 0 heterocycles. The molecule has 1 amide bonds. The van der Waals surface area contributed by atoms with Gasteiger partial charge in [0.25, 0.3) is 0 Å². The zero-order valence-electron chi connectivity index (χ0n) is 12.5. The van der Waals surface area contributed by atoms with Crippen molar-refractivity contribution < 1.29 is 23.1 Å². The molecule has 0 saturated carbocycles. The minimum atomic E-state index is -4.70. The smallest absolute Gasteiger partial charge is 0.382 e. The van der Waals surface area contributed by atoms with Gasteiger partial charge >= 0.3 is 6.18 Å². The Labute approximate surface area is 131 Å². The third-order valence-corrected chi connectivity index (χ3v) is 3.94. The molecule has 0 saturated heterocycles. The predicted molar refractivity (Wildman–Crippen MR) is 81.0 cm³/mol. The van der Waals surface area contributed by atoms with Gasteiger partial charge in [0, 0.05) is 17.1 Å². The number of halogens is 3. The van der Waals surface area contributed by atoms with E-state index in [1.165, 1.54) is 25.7 Å². The van der Waals surface area contributed by atoms with Crippen LogP contribution in [-0.2, 0) is 4.79 Å². The zero-order chi connectivity index (χ0) is 16.9. The molecule has 0 aliphatic rings. The highest BCUT2D eigenvalue weighted by atomic mass is 32.2. The highest BCUT2D eigenvalue weighted by Crippen LogP contribution is 2.22. The van der Waals surface area contributed by atoms with Crippen molar-refractivity contribution in [1.82, 2.24) is 4.90 Å². The number of anilines is 1. The molecular weight excluding hydrogens is 317 g/mol. The minimum Gasteiger partial charge on any atom is -0.382 e. The van der Waals surface area contributed by atoms with Gasteiger partial charge in [-0.3, -0.25) is 9.69 Å². The van der Waals surface area contributed by atoms with E-state index in [-0.39, 0.29) is 0 Å². The topological polar surface area (TPSA) is 52.6 Å². The van der Waals surface area contributed by atoms with Crippen molar-refractivity contribution in [3.8, 4) is 0 Å². The lowest BCUT2D eigenvalue weighted by Gasteiger charge is -2.27. The van der Waals surface area contributed by atoms with E-state index in [0.717, 1.165) is 9.80 Å². The van der Waals surface area contributed by atoms with Crippen molar-refractivity contribution in [3.63, 3.8) is 0 Å². The summed E-state index contributed by atoms with van der Waals surface area (Å²) in [5.74, 6) is -0.435. The number of aliphatic hydroxyl groups is 1. The first kappa shape index (κ1) is 18.8. The van der Waals surface area contributed by atoms with Crippen molar-refractivity contribution >= 4 is 23.4 Å². The van der Waals surface area contributed by atoms with Crippen LogP contribution in [0.25, 0.3) is 0 Å². The molecule has 1 rings (SSSR count). The van der Waals surface area contributed by atoms with E-state index in [1.807, 2.05) is 12.3 Å². The number of benzene rings is 1. The Balaban J connectivity index is 2.64. The lowest BCUT2D eigenvalue weighted by atomic mass is 10.2. The van der Waals surface area contributed by atoms with E-state index in [9.17, 15) is 18.0 Å². The summed E-state index contributed by atoms with van der Waals surface area (Å²) in [5.41, 5.74) is 0.577. The monoisotopic (exact) mass is 336 g/mol. The standard InChI is InChI=1S/C14H19F3N2O2S/c1-9(19(2)8-12(20)14(15,16)17)13(21)18-10-5-4-6-11(7-10)22-3/h4-7,9,12,20H,8H2,1-3H3,(H,18,21). The number of hydrogen-bond acceptors (Lipinski definition) is 4. The maximum atomic E-state index is 12.3. The summed E-state index contributed by atoms with van der Waals surface area (Å²) in [4.78, 5) is 14.2. The lowest BCUT2D eigenvalue weighted by molar-refractivity contribution is -0.208. The third-order valence-electron chi connectivity index (χ3n) is 3.22. The van der Waals surface area contributed by atoms with Gasteiger partial charge < -0.3 is 10.4 Å². The number of alkyl halides is 3. The Bertz CT molecular complexity index is 511. The van der Waals surface area contributed by atoms with Gasteiger partial charge in [0.1, 0.15) is 0 Å². The Morgan fingerprint density at radius 1 is 1.45 bits per heavy atom. The Hall–Kier alpha value is -1.25. The maximum absolute atomic E-state index is 12.3. The fourth-order valence-corrected chi connectivity index (χ4v) is 2.14. The molecule has 1 aromatic rings. The van der Waals surface area contributed by atoms with Gasteiger partial charge in [-0.05, 0) is 38.4 Å². The number of carbonyl (C=O) groups is 1. The fourth-order valence-electron chi connectivity index (χ4n) is 1.68. The van der Waals surface area contributed by atoms with Gasteiger partial charge in [0.2, 0.25) is 5.91 Å². The fraction of sp³-hybridized carbons (Fsp3) is 0.500. The molecule has 0 aliphatic carbocycles. The van der Waals surface area contributed by atoms with Crippen molar-refractivity contribution in [1.29, 1.82) is 0 Å². The second kappa shape index (κ2) is 7.85. The molecule has 0 aliphatic heterocycles. The summed E-state index contributed by atoms with van der Waals surface area (Å²) >= 11 is 1.52. The normalized spacial score (nSPS) is 14.7. The molecule has 0 aromatic heterocycles. The number of rotatable bonds is 6. The Morgan fingerprint density at radius 2 is 2.09 bits per heavy atom. The molecule has 4 nitrogen and oxygen atoms in total. The van der Waals surface area contributed by atoms with Crippen LogP contribution in [0.5, 0.6) is 0 Å². The Morgan fingerprint density at radius 3 is 2.64 bits per heavy atom. The van der Waals surface area contributed by atoms with Crippen LogP contribution in [0.2, 0.25) is 0 Å². The van der Waals surface area contributed by atoms with Crippen LogP contribution >= 0.6 is 11.8 Å². The number of likely N-dealkylation sites (N-methyl/N-ethyl adjacent to an activating group) is 1. The summed E-state index contributed by atoms with van der Waals surface area (Å²) in [6, 6.07) is 6.34. The second-order valence-corrected chi connectivity index (χ2v) is 5.77. The summed E-state index contributed by atoms with van der Waals surface area (Å²) < 4.78 is 37.0. The van der Waals surface area contributed by atoms with Crippen LogP contribution in [0.1, 0.15) is 6.92 Å². The average Bonchev–Trinajstić information content (AvgIpc) is 2.45. The maximum Gasteiger partial charge on any atom is 0.415 e. The van der Waals surface area contributed by atoms with Crippen LogP contribution in [0.4, 0.5) is 18.9 Å². The molecule has 124 valence electrons. The summed E-state index contributed by atoms with van der Waals surface area (Å²) in [6.45, 7) is 0.819. The zero-order valence-corrected chi connectivity index (χ0v) is 13.3. The van der Waals surface area contributed by atoms with Gasteiger partial charge in [0.05, 0.1) is 6.04 Å². The molecular formula is C14H19F3N2O2S. The first-order valence-corrected chi connectivity index (χ1v) is 7.77. The molecule has 1 aromatic carbocycles. The number of nitrogens with one attached hydrogen (secondary N) is 1. The van der Waals surface area contributed by atoms with Crippen molar-refractivity contribution in [2.45, 2.75) is 30.1 Å². The van der Waals surface area contributed by atoms with E-state index in [4.69, 9.17) is 5.11 Å². The average molecular weight is 336 g/mol. The molecule has 0 fully saturated rings. The van der Waals surface area contributed by atoms with E-state index >= 15 is 0 Å². The summed E-state index contributed by atoms with van der Waals surface area (Å²) in [5, 5.41) is 11.7. The van der Waals surface area contributed by atoms with Gasteiger partial charge in [-0.2, -0.15) is 13.2 Å². The number of amides is 1. The van der Waals surface area contributed by atoms with E-state index in [0.29, 0.717) is 5.69 Å². The molecule has 22 heavy (non-hydrogen) atoms. The summed E-state index contributed by atoms with van der Waals surface area (Å²) in [7, 11) is 1.36. The largest absolute Gasteiger partial charge is 0.415 e. The molecule has 8 heteroatoms.